The lowest BCUT2D eigenvalue weighted by molar-refractivity contribution is 0.0947. The second kappa shape index (κ2) is 6.91. The maximum Gasteiger partial charge on any atom is 0.254 e. The number of benzene rings is 1. The van der Waals surface area contributed by atoms with Gasteiger partial charge in [-0.15, -0.1) is 0 Å². The summed E-state index contributed by atoms with van der Waals surface area (Å²) in [6.07, 6.45) is -0.590. The maximum atomic E-state index is 12.3. The van der Waals surface area contributed by atoms with Crippen LogP contribution in [-0.4, -0.2) is 30.8 Å². The summed E-state index contributed by atoms with van der Waals surface area (Å²) < 4.78 is 5.71. The Labute approximate surface area is 140 Å². The third-order valence-electron chi connectivity index (χ3n) is 3.69. The van der Waals surface area contributed by atoms with E-state index in [-0.39, 0.29) is 23.3 Å². The Morgan fingerprint density at radius 3 is 2.00 bits per heavy atom. The molecule has 1 unspecified atom stereocenters. The van der Waals surface area contributed by atoms with Crippen LogP contribution in [0.4, 0.5) is 0 Å². The first-order chi connectivity index (χ1) is 10.4. The number of nitrogens with one attached hydrogen (secondary N) is 1. The topological polar surface area (TPSA) is 58.6 Å². The third kappa shape index (κ3) is 4.96. The number of hydrogen-bond donors (Lipinski definition) is 2. The molecule has 0 aliphatic rings. The summed E-state index contributed by atoms with van der Waals surface area (Å²) in [5.41, 5.74) is 2.62. The van der Waals surface area contributed by atoms with Gasteiger partial charge in [0.05, 0.1) is 11.7 Å². The van der Waals surface area contributed by atoms with Crippen LogP contribution in [0, 0.1) is 0 Å². The van der Waals surface area contributed by atoms with E-state index < -0.39 is 6.10 Å². The number of ether oxygens (including phenoxy) is 1. The van der Waals surface area contributed by atoms with Crippen molar-refractivity contribution in [2.75, 3.05) is 13.7 Å². The zero-order valence-electron chi connectivity index (χ0n) is 15.7. The molecule has 1 rings (SSSR count). The van der Waals surface area contributed by atoms with E-state index in [0.717, 1.165) is 11.1 Å². The molecule has 0 aromatic heterocycles. The first-order valence-electron chi connectivity index (χ1n) is 8.10. The van der Waals surface area contributed by atoms with Gasteiger partial charge in [-0.2, -0.15) is 0 Å². The van der Waals surface area contributed by atoms with Crippen LogP contribution in [0.2, 0.25) is 0 Å². The van der Waals surface area contributed by atoms with Crippen molar-refractivity contribution in [3.8, 4) is 5.75 Å². The van der Waals surface area contributed by atoms with Crippen LogP contribution in [0.3, 0.4) is 0 Å². The lowest BCUT2D eigenvalue weighted by Gasteiger charge is -2.31. The molecule has 4 nitrogen and oxygen atoms in total. The highest BCUT2D eigenvalue weighted by molar-refractivity contribution is 5.97. The molecule has 0 saturated carbocycles. The Morgan fingerprint density at radius 2 is 1.61 bits per heavy atom. The summed E-state index contributed by atoms with van der Waals surface area (Å²) in [6.45, 7) is 14.7. The van der Waals surface area contributed by atoms with Gasteiger partial charge in [-0.05, 0) is 41.0 Å². The summed E-state index contributed by atoms with van der Waals surface area (Å²) in [5, 5.41) is 12.2. The van der Waals surface area contributed by atoms with E-state index >= 15 is 0 Å². The molecule has 130 valence electrons. The van der Waals surface area contributed by atoms with Gasteiger partial charge in [-0.25, -0.2) is 0 Å². The largest absolute Gasteiger partial charge is 0.490 e. The molecule has 2 N–H and O–H groups in total. The molecule has 1 aromatic carbocycles. The molecular weight excluding hydrogens is 290 g/mol. The van der Waals surface area contributed by atoms with Crippen LogP contribution in [0.25, 0.3) is 0 Å². The van der Waals surface area contributed by atoms with Crippen LogP contribution in [-0.2, 0) is 10.8 Å². The highest BCUT2D eigenvalue weighted by Gasteiger charge is 2.28. The Kier molecular flexibility index (Phi) is 5.86. The fourth-order valence-corrected chi connectivity index (χ4v) is 2.46. The molecule has 0 saturated heterocycles. The van der Waals surface area contributed by atoms with Crippen molar-refractivity contribution in [3.63, 3.8) is 0 Å². The number of rotatable bonds is 4. The van der Waals surface area contributed by atoms with E-state index in [2.05, 4.69) is 46.9 Å². The van der Waals surface area contributed by atoms with Crippen molar-refractivity contribution in [3.05, 3.63) is 28.8 Å². The Bertz CT molecular complexity index is 563. The van der Waals surface area contributed by atoms with Crippen LogP contribution < -0.4 is 10.1 Å². The maximum absolute atomic E-state index is 12.3. The van der Waals surface area contributed by atoms with Gasteiger partial charge in [0.2, 0.25) is 0 Å². The SMILES string of the molecule is CNC(=O)c1cc(C(C)(C)C)c(C(C)(C)C)cc1OCC(C)O. The average Bonchev–Trinajstić information content (AvgIpc) is 2.41. The molecule has 0 radical (unpaired) electrons. The molecule has 1 amide bonds. The molecule has 0 heterocycles. The summed E-state index contributed by atoms with van der Waals surface area (Å²) in [5.74, 6) is 0.333. The minimum Gasteiger partial charge on any atom is -0.490 e. The number of aliphatic hydroxyl groups is 1. The van der Waals surface area contributed by atoms with Crippen molar-refractivity contribution < 1.29 is 14.6 Å². The summed E-state index contributed by atoms with van der Waals surface area (Å²) >= 11 is 0. The van der Waals surface area contributed by atoms with Gasteiger partial charge in [-0.3, -0.25) is 4.79 Å². The number of hydrogen-bond acceptors (Lipinski definition) is 3. The molecule has 0 bridgehead atoms. The second-order valence-corrected chi connectivity index (χ2v) is 8.13. The number of carbonyl (C=O) groups is 1. The van der Waals surface area contributed by atoms with Gasteiger partial charge in [0, 0.05) is 7.05 Å². The third-order valence-corrected chi connectivity index (χ3v) is 3.69. The summed E-state index contributed by atoms with van der Waals surface area (Å²) in [4.78, 5) is 12.3. The van der Waals surface area contributed by atoms with Crippen LogP contribution in [0.1, 0.15) is 70.0 Å². The number of amides is 1. The van der Waals surface area contributed by atoms with Gasteiger partial charge in [0.25, 0.3) is 5.91 Å². The molecule has 1 aromatic rings. The Balaban J connectivity index is 3.58. The zero-order valence-corrected chi connectivity index (χ0v) is 15.7. The normalized spacial score (nSPS) is 13.6. The van der Waals surface area contributed by atoms with Crippen molar-refractivity contribution in [2.24, 2.45) is 0 Å². The molecular formula is C19H31NO3. The number of carbonyl (C=O) groups excluding carboxylic acids is 1. The van der Waals surface area contributed by atoms with E-state index in [1.165, 1.54) is 0 Å². The summed E-state index contributed by atoms with van der Waals surface area (Å²) in [6, 6.07) is 3.88. The highest BCUT2D eigenvalue weighted by atomic mass is 16.5. The van der Waals surface area contributed by atoms with Crippen molar-refractivity contribution in [1.82, 2.24) is 5.32 Å². The van der Waals surface area contributed by atoms with Crippen LogP contribution >= 0.6 is 0 Å². The molecule has 0 spiro atoms. The predicted molar refractivity (Wildman–Crippen MR) is 94.4 cm³/mol. The average molecular weight is 321 g/mol. The molecule has 4 heteroatoms. The highest BCUT2D eigenvalue weighted by Crippen LogP contribution is 2.38. The van der Waals surface area contributed by atoms with E-state index in [9.17, 15) is 9.90 Å². The first-order valence-corrected chi connectivity index (χ1v) is 8.10. The Hall–Kier alpha value is -1.55. The molecule has 0 aliphatic carbocycles. The minimum atomic E-state index is -0.590. The van der Waals surface area contributed by atoms with E-state index in [0.29, 0.717) is 11.3 Å². The zero-order chi connectivity index (χ0) is 18.0. The van der Waals surface area contributed by atoms with Gasteiger partial charge in [0.15, 0.2) is 0 Å². The number of aliphatic hydroxyl groups excluding tert-OH is 1. The smallest absolute Gasteiger partial charge is 0.254 e. The monoisotopic (exact) mass is 321 g/mol. The van der Waals surface area contributed by atoms with Gasteiger partial charge >= 0.3 is 0 Å². The van der Waals surface area contributed by atoms with Gasteiger partial charge < -0.3 is 15.2 Å². The predicted octanol–water partition coefficient (Wildman–Crippen LogP) is 3.40. The first kappa shape index (κ1) is 19.5. The quantitative estimate of drug-likeness (QED) is 0.893. The van der Waals surface area contributed by atoms with Crippen LogP contribution in [0.5, 0.6) is 5.75 Å². The lowest BCUT2D eigenvalue weighted by Crippen LogP contribution is -2.26. The fourth-order valence-electron chi connectivity index (χ4n) is 2.46. The molecule has 0 fully saturated rings. The van der Waals surface area contributed by atoms with Crippen LogP contribution in [0.15, 0.2) is 12.1 Å². The molecule has 23 heavy (non-hydrogen) atoms. The van der Waals surface area contributed by atoms with Crippen molar-refractivity contribution in [2.45, 2.75) is 65.4 Å². The Morgan fingerprint density at radius 1 is 1.13 bits per heavy atom. The van der Waals surface area contributed by atoms with Crippen molar-refractivity contribution >= 4 is 5.91 Å². The fraction of sp³-hybridized carbons (Fsp3) is 0.632. The minimum absolute atomic E-state index is 0.0766. The van der Waals surface area contributed by atoms with E-state index in [1.807, 2.05) is 12.1 Å². The van der Waals surface area contributed by atoms with E-state index in [1.54, 1.807) is 14.0 Å². The van der Waals surface area contributed by atoms with Crippen molar-refractivity contribution in [1.29, 1.82) is 0 Å². The molecule has 0 aliphatic heterocycles. The second-order valence-electron chi connectivity index (χ2n) is 8.13. The van der Waals surface area contributed by atoms with Gasteiger partial charge in [0.1, 0.15) is 12.4 Å². The molecule has 1 atom stereocenters. The van der Waals surface area contributed by atoms with E-state index in [4.69, 9.17) is 4.74 Å². The summed E-state index contributed by atoms with van der Waals surface area (Å²) in [7, 11) is 1.61. The lowest BCUT2D eigenvalue weighted by atomic mass is 9.74. The standard InChI is InChI=1S/C19H31NO3/c1-12(21)11-23-16-10-15(19(5,6)7)14(18(2,3)4)9-13(16)17(22)20-8/h9-10,12,21H,11H2,1-8H3,(H,20,22). The van der Waals surface area contributed by atoms with Gasteiger partial charge in [-0.1, -0.05) is 41.5 Å².